The second kappa shape index (κ2) is 7.88. The monoisotopic (exact) mass is 410 g/mol. The summed E-state index contributed by atoms with van der Waals surface area (Å²) in [6.07, 6.45) is 0. The Morgan fingerprint density at radius 3 is 2.06 bits per heavy atom. The van der Waals surface area contributed by atoms with Gasteiger partial charge >= 0.3 is 0 Å². The number of nitrogens with one attached hydrogen (secondary N) is 1. The molecule has 4 nitrogen and oxygen atoms in total. The first kappa shape index (κ1) is 20.6. The molecule has 0 bridgehead atoms. The molecule has 0 saturated carbocycles. The number of aryl methyl sites for hydroxylation is 4. The molecule has 2 amide bonds. The minimum atomic E-state index is -0.343. The van der Waals surface area contributed by atoms with Crippen molar-refractivity contribution in [1.82, 2.24) is 0 Å². The van der Waals surface area contributed by atoms with Gasteiger partial charge in [-0.05, 0) is 75.1 Å². The first-order valence-corrected chi connectivity index (χ1v) is 10.4. The summed E-state index contributed by atoms with van der Waals surface area (Å²) >= 11 is 0. The zero-order valence-corrected chi connectivity index (χ0v) is 18.5. The molecule has 0 aliphatic carbocycles. The van der Waals surface area contributed by atoms with Gasteiger partial charge in [-0.2, -0.15) is 0 Å². The molecule has 0 unspecified atom stereocenters. The van der Waals surface area contributed by atoms with E-state index in [0.29, 0.717) is 17.0 Å². The van der Waals surface area contributed by atoms with Gasteiger partial charge in [0.2, 0.25) is 0 Å². The highest BCUT2D eigenvalue weighted by Gasteiger charge is 2.40. The van der Waals surface area contributed by atoms with Gasteiger partial charge in [-0.3, -0.25) is 9.59 Å². The van der Waals surface area contributed by atoms with Crippen LogP contribution in [0.25, 0.3) is 5.57 Å². The summed E-state index contributed by atoms with van der Waals surface area (Å²) in [6, 6.07) is 19.3. The van der Waals surface area contributed by atoms with Crippen molar-refractivity contribution in [3.05, 3.63) is 99.7 Å². The average molecular weight is 411 g/mol. The molecule has 0 radical (unpaired) electrons. The van der Waals surface area contributed by atoms with Crippen molar-refractivity contribution in [2.45, 2.75) is 34.6 Å². The van der Waals surface area contributed by atoms with Gasteiger partial charge in [-0.1, -0.05) is 53.6 Å². The molecule has 0 atom stereocenters. The van der Waals surface area contributed by atoms with Crippen LogP contribution in [0, 0.1) is 34.6 Å². The van der Waals surface area contributed by atoms with Gasteiger partial charge in [-0.25, -0.2) is 4.90 Å². The molecule has 0 saturated heterocycles. The van der Waals surface area contributed by atoms with Gasteiger partial charge in [0.05, 0.1) is 11.3 Å². The van der Waals surface area contributed by atoms with Gasteiger partial charge in [-0.15, -0.1) is 0 Å². The first-order chi connectivity index (χ1) is 14.8. The fourth-order valence-electron chi connectivity index (χ4n) is 3.94. The lowest BCUT2D eigenvalue weighted by molar-refractivity contribution is -0.120. The highest BCUT2D eigenvalue weighted by Crippen LogP contribution is 2.36. The van der Waals surface area contributed by atoms with E-state index >= 15 is 0 Å². The van der Waals surface area contributed by atoms with Crippen LogP contribution < -0.4 is 10.2 Å². The molecule has 31 heavy (non-hydrogen) atoms. The lowest BCUT2D eigenvalue weighted by Crippen LogP contribution is -2.32. The van der Waals surface area contributed by atoms with Crippen LogP contribution in [0.1, 0.15) is 33.4 Å². The lowest BCUT2D eigenvalue weighted by atomic mass is 9.97. The van der Waals surface area contributed by atoms with Crippen LogP contribution >= 0.6 is 0 Å². The van der Waals surface area contributed by atoms with Crippen LogP contribution in [0.3, 0.4) is 0 Å². The zero-order chi connectivity index (χ0) is 22.3. The van der Waals surface area contributed by atoms with Crippen molar-refractivity contribution in [1.29, 1.82) is 0 Å². The predicted octanol–water partition coefficient (Wildman–Crippen LogP) is 5.63. The molecule has 1 aliphatic rings. The Morgan fingerprint density at radius 2 is 1.39 bits per heavy atom. The third kappa shape index (κ3) is 3.66. The molecule has 0 aromatic heterocycles. The summed E-state index contributed by atoms with van der Waals surface area (Å²) in [5.41, 5.74) is 8.18. The van der Waals surface area contributed by atoms with Crippen LogP contribution in [-0.2, 0) is 9.59 Å². The number of benzene rings is 3. The van der Waals surface area contributed by atoms with Crippen molar-refractivity contribution in [2.75, 3.05) is 10.2 Å². The molecule has 0 fully saturated rings. The fourth-order valence-corrected chi connectivity index (χ4v) is 3.94. The van der Waals surface area contributed by atoms with Crippen molar-refractivity contribution < 1.29 is 9.59 Å². The van der Waals surface area contributed by atoms with Gasteiger partial charge in [0, 0.05) is 5.69 Å². The number of hydrogen-bond donors (Lipinski definition) is 1. The molecule has 3 aromatic rings. The topological polar surface area (TPSA) is 49.4 Å². The Bertz CT molecular complexity index is 1240. The van der Waals surface area contributed by atoms with Gasteiger partial charge < -0.3 is 5.32 Å². The number of hydrogen-bond acceptors (Lipinski definition) is 3. The van der Waals surface area contributed by atoms with E-state index in [0.717, 1.165) is 39.1 Å². The SMILES string of the molecule is Cc1ccc(N2C(=O)C(Nc3cccc(C)c3C)=C(c3ccc(C)cc3C)C2=O)cc1. The minimum absolute atomic E-state index is 0.311. The van der Waals surface area contributed by atoms with E-state index in [4.69, 9.17) is 0 Å². The second-order valence-electron chi connectivity index (χ2n) is 8.22. The van der Waals surface area contributed by atoms with E-state index < -0.39 is 0 Å². The molecule has 1 aliphatic heterocycles. The summed E-state index contributed by atoms with van der Waals surface area (Å²) in [4.78, 5) is 28.4. The number of amides is 2. The van der Waals surface area contributed by atoms with E-state index in [1.807, 2.05) is 95.3 Å². The van der Waals surface area contributed by atoms with Crippen molar-refractivity contribution in [3.63, 3.8) is 0 Å². The predicted molar refractivity (Wildman–Crippen MR) is 126 cm³/mol. The number of nitrogens with zero attached hydrogens (tertiary/aromatic N) is 1. The molecule has 1 heterocycles. The maximum Gasteiger partial charge on any atom is 0.282 e. The molecular weight excluding hydrogens is 384 g/mol. The molecule has 0 spiro atoms. The zero-order valence-electron chi connectivity index (χ0n) is 18.5. The van der Waals surface area contributed by atoms with E-state index in [-0.39, 0.29) is 11.8 Å². The normalized spacial score (nSPS) is 13.9. The van der Waals surface area contributed by atoms with E-state index in [1.165, 1.54) is 4.90 Å². The van der Waals surface area contributed by atoms with E-state index in [1.54, 1.807) is 0 Å². The van der Waals surface area contributed by atoms with Crippen LogP contribution in [0.2, 0.25) is 0 Å². The summed E-state index contributed by atoms with van der Waals surface area (Å²) in [6.45, 7) is 10.00. The number of rotatable bonds is 4. The van der Waals surface area contributed by atoms with Crippen LogP contribution in [0.4, 0.5) is 11.4 Å². The standard InChI is InChI=1S/C27H26N2O2/c1-16-9-12-21(13-10-16)29-26(30)24(22-14-11-17(2)15-19(22)4)25(27(29)31)28-23-8-6-7-18(3)20(23)5/h6-15,28H,1-5H3. The Kier molecular flexibility index (Phi) is 5.24. The Balaban J connectivity index is 1.88. The van der Waals surface area contributed by atoms with Gasteiger partial charge in [0.15, 0.2) is 0 Å². The van der Waals surface area contributed by atoms with Crippen molar-refractivity contribution in [2.24, 2.45) is 0 Å². The number of imide groups is 1. The van der Waals surface area contributed by atoms with Gasteiger partial charge in [0.1, 0.15) is 5.70 Å². The molecule has 4 heteroatoms. The Labute approximate surface area is 183 Å². The van der Waals surface area contributed by atoms with Crippen LogP contribution in [0.15, 0.2) is 66.4 Å². The molecule has 4 rings (SSSR count). The summed E-state index contributed by atoms with van der Waals surface area (Å²) in [7, 11) is 0. The van der Waals surface area contributed by atoms with Crippen LogP contribution in [0.5, 0.6) is 0 Å². The Hall–Kier alpha value is -3.66. The van der Waals surface area contributed by atoms with Crippen molar-refractivity contribution >= 4 is 28.8 Å². The van der Waals surface area contributed by atoms with E-state index in [2.05, 4.69) is 5.32 Å². The highest BCUT2D eigenvalue weighted by molar-refractivity contribution is 6.46. The maximum absolute atomic E-state index is 13.6. The Morgan fingerprint density at radius 1 is 0.710 bits per heavy atom. The fraction of sp³-hybridized carbons (Fsp3) is 0.185. The summed E-state index contributed by atoms with van der Waals surface area (Å²) in [5.74, 6) is -0.654. The maximum atomic E-state index is 13.6. The number of anilines is 2. The molecule has 3 aromatic carbocycles. The third-order valence-electron chi connectivity index (χ3n) is 5.89. The largest absolute Gasteiger partial charge is 0.350 e. The molecule has 156 valence electrons. The minimum Gasteiger partial charge on any atom is -0.350 e. The molecule has 1 N–H and O–H groups in total. The highest BCUT2D eigenvalue weighted by atomic mass is 16.2. The van der Waals surface area contributed by atoms with Crippen LogP contribution in [-0.4, -0.2) is 11.8 Å². The summed E-state index contributed by atoms with van der Waals surface area (Å²) < 4.78 is 0. The third-order valence-corrected chi connectivity index (χ3v) is 5.89. The quantitative estimate of drug-likeness (QED) is 0.568. The number of carbonyl (C=O) groups is 2. The first-order valence-electron chi connectivity index (χ1n) is 10.4. The average Bonchev–Trinajstić information content (AvgIpc) is 2.96. The lowest BCUT2D eigenvalue weighted by Gasteiger charge is -2.16. The second-order valence-corrected chi connectivity index (χ2v) is 8.22. The summed E-state index contributed by atoms with van der Waals surface area (Å²) in [5, 5.41) is 3.30. The van der Waals surface area contributed by atoms with Gasteiger partial charge in [0.25, 0.3) is 11.8 Å². The van der Waals surface area contributed by atoms with E-state index in [9.17, 15) is 9.59 Å². The van der Waals surface area contributed by atoms with Crippen molar-refractivity contribution in [3.8, 4) is 0 Å². The smallest absolute Gasteiger partial charge is 0.282 e. The number of carbonyl (C=O) groups excluding carboxylic acids is 2. The molecular formula is C27H26N2O2.